The maximum atomic E-state index is 11.2. The summed E-state index contributed by atoms with van der Waals surface area (Å²) in [4.78, 5) is 11.2. The van der Waals surface area contributed by atoms with Crippen LogP contribution in [0.4, 0.5) is 0 Å². The highest BCUT2D eigenvalue weighted by Crippen LogP contribution is 2.16. The van der Waals surface area contributed by atoms with Gasteiger partial charge in [0.05, 0.1) is 12.7 Å². The molecule has 1 aromatic rings. The molecule has 0 unspecified atom stereocenters. The molecule has 1 aromatic carbocycles. The van der Waals surface area contributed by atoms with Crippen molar-refractivity contribution in [1.82, 2.24) is 0 Å². The summed E-state index contributed by atoms with van der Waals surface area (Å²) in [5.41, 5.74) is 1.01. The van der Waals surface area contributed by atoms with Crippen LogP contribution in [0.1, 0.15) is 19.4 Å². The molecule has 0 amide bonds. The van der Waals surface area contributed by atoms with E-state index in [0.29, 0.717) is 6.61 Å². The van der Waals surface area contributed by atoms with Crippen molar-refractivity contribution in [3.63, 3.8) is 0 Å². The number of carbonyl (C=O) groups is 1. The lowest BCUT2D eigenvalue weighted by Gasteiger charge is -2.08. The topological polar surface area (TPSA) is 35.5 Å². The second-order valence-corrected chi connectivity index (χ2v) is 4.48. The van der Waals surface area contributed by atoms with Crippen LogP contribution in [0.3, 0.4) is 0 Å². The molecule has 0 N–H and O–H groups in total. The molecular weight excluding hydrogens is 272 g/mol. The fourth-order valence-electron chi connectivity index (χ4n) is 1.16. The van der Waals surface area contributed by atoms with Crippen LogP contribution in [0.5, 0.6) is 0 Å². The predicted octanol–water partition coefficient (Wildman–Crippen LogP) is 2.92. The van der Waals surface area contributed by atoms with Gasteiger partial charge < -0.3 is 9.47 Å². The van der Waals surface area contributed by atoms with E-state index in [-0.39, 0.29) is 18.7 Å². The number of benzene rings is 1. The maximum Gasteiger partial charge on any atom is 0.332 e. The van der Waals surface area contributed by atoms with E-state index in [2.05, 4.69) is 15.9 Å². The van der Waals surface area contributed by atoms with Gasteiger partial charge in [-0.1, -0.05) is 34.1 Å². The molecule has 0 aliphatic heterocycles. The van der Waals surface area contributed by atoms with Crippen LogP contribution >= 0.6 is 15.9 Å². The second-order valence-electron chi connectivity index (χ2n) is 3.62. The van der Waals surface area contributed by atoms with Crippen molar-refractivity contribution in [2.24, 2.45) is 0 Å². The van der Waals surface area contributed by atoms with E-state index >= 15 is 0 Å². The van der Waals surface area contributed by atoms with E-state index in [1.54, 1.807) is 0 Å². The Bertz CT molecular complexity index is 350. The Kier molecular flexibility index (Phi) is 5.49. The van der Waals surface area contributed by atoms with Crippen LogP contribution < -0.4 is 0 Å². The average molecular weight is 287 g/mol. The minimum Gasteiger partial charge on any atom is -0.461 e. The molecule has 1 rings (SSSR count). The molecule has 0 aliphatic carbocycles. The number of rotatable bonds is 5. The number of hydrogen-bond donors (Lipinski definition) is 0. The van der Waals surface area contributed by atoms with Gasteiger partial charge in [-0.2, -0.15) is 0 Å². The molecule has 0 saturated heterocycles. The summed E-state index contributed by atoms with van der Waals surface area (Å²) in [7, 11) is 0. The van der Waals surface area contributed by atoms with E-state index in [1.165, 1.54) is 0 Å². The molecule has 3 nitrogen and oxygen atoms in total. The first kappa shape index (κ1) is 13.2. The molecular formula is C12H15BrO3. The van der Waals surface area contributed by atoms with Gasteiger partial charge in [0.25, 0.3) is 0 Å². The Morgan fingerprint density at radius 2 is 2.06 bits per heavy atom. The lowest BCUT2D eigenvalue weighted by Crippen LogP contribution is -2.16. The van der Waals surface area contributed by atoms with Gasteiger partial charge in [0.2, 0.25) is 0 Å². The molecule has 0 fully saturated rings. The summed E-state index contributed by atoms with van der Waals surface area (Å²) in [6, 6.07) is 7.74. The van der Waals surface area contributed by atoms with Gasteiger partial charge in [-0.05, 0) is 25.5 Å². The fourth-order valence-corrected chi connectivity index (χ4v) is 1.56. The predicted molar refractivity (Wildman–Crippen MR) is 65.0 cm³/mol. The Morgan fingerprint density at radius 3 is 2.69 bits per heavy atom. The van der Waals surface area contributed by atoms with Crippen molar-refractivity contribution in [2.75, 3.05) is 6.61 Å². The molecule has 0 saturated carbocycles. The summed E-state index contributed by atoms with van der Waals surface area (Å²) >= 11 is 3.41. The van der Waals surface area contributed by atoms with Crippen LogP contribution in [-0.4, -0.2) is 18.7 Å². The Hall–Kier alpha value is -0.870. The molecule has 0 aromatic heterocycles. The lowest BCUT2D eigenvalue weighted by atomic mass is 10.2. The summed E-state index contributed by atoms with van der Waals surface area (Å²) in [6.07, 6.45) is -0.0976. The fraction of sp³-hybridized carbons (Fsp3) is 0.417. The summed E-state index contributed by atoms with van der Waals surface area (Å²) < 4.78 is 11.2. The molecule has 88 valence electrons. The third-order valence-electron chi connectivity index (χ3n) is 1.80. The number of halogens is 1. The van der Waals surface area contributed by atoms with Crippen molar-refractivity contribution in [1.29, 1.82) is 0 Å². The van der Waals surface area contributed by atoms with E-state index in [0.717, 1.165) is 10.0 Å². The summed E-state index contributed by atoms with van der Waals surface area (Å²) in [5.74, 6) is -0.331. The Labute approximate surface area is 104 Å². The van der Waals surface area contributed by atoms with Gasteiger partial charge in [0.15, 0.2) is 0 Å². The van der Waals surface area contributed by atoms with E-state index in [1.807, 2.05) is 38.1 Å². The zero-order chi connectivity index (χ0) is 12.0. The Balaban J connectivity index is 2.31. The quantitative estimate of drug-likeness (QED) is 0.781. The molecule has 4 heteroatoms. The first-order valence-corrected chi connectivity index (χ1v) is 5.89. The standard InChI is InChI=1S/C12H15BrO3/c1-9(2)16-12(14)8-15-7-10-5-3-4-6-11(10)13/h3-6,9H,7-8H2,1-2H3. The van der Waals surface area contributed by atoms with E-state index < -0.39 is 0 Å². The SMILES string of the molecule is CC(C)OC(=O)COCc1ccccc1Br. The molecule has 0 atom stereocenters. The molecule has 0 radical (unpaired) electrons. The smallest absolute Gasteiger partial charge is 0.332 e. The van der Waals surface area contributed by atoms with Crippen molar-refractivity contribution in [3.05, 3.63) is 34.3 Å². The highest BCUT2D eigenvalue weighted by Gasteiger charge is 2.06. The van der Waals surface area contributed by atoms with Gasteiger partial charge in [-0.3, -0.25) is 0 Å². The van der Waals surface area contributed by atoms with Gasteiger partial charge in [0.1, 0.15) is 6.61 Å². The third-order valence-corrected chi connectivity index (χ3v) is 2.58. The number of ether oxygens (including phenoxy) is 2. The molecule has 0 bridgehead atoms. The maximum absolute atomic E-state index is 11.2. The first-order chi connectivity index (χ1) is 7.59. The number of hydrogen-bond acceptors (Lipinski definition) is 3. The lowest BCUT2D eigenvalue weighted by molar-refractivity contribution is -0.153. The minimum absolute atomic E-state index is 0.0144. The second kappa shape index (κ2) is 6.66. The van der Waals surface area contributed by atoms with Crippen molar-refractivity contribution >= 4 is 21.9 Å². The molecule has 0 spiro atoms. The zero-order valence-electron chi connectivity index (χ0n) is 9.40. The highest BCUT2D eigenvalue weighted by atomic mass is 79.9. The Morgan fingerprint density at radius 1 is 1.38 bits per heavy atom. The van der Waals surface area contributed by atoms with Crippen LogP contribution in [0.25, 0.3) is 0 Å². The van der Waals surface area contributed by atoms with Gasteiger partial charge in [-0.15, -0.1) is 0 Å². The summed E-state index contributed by atoms with van der Waals surface area (Å²) in [6.45, 7) is 4.01. The molecule has 0 aliphatic rings. The van der Waals surface area contributed by atoms with E-state index in [9.17, 15) is 4.79 Å². The van der Waals surface area contributed by atoms with Gasteiger partial charge >= 0.3 is 5.97 Å². The molecule has 16 heavy (non-hydrogen) atoms. The van der Waals surface area contributed by atoms with Gasteiger partial charge in [-0.25, -0.2) is 4.79 Å². The highest BCUT2D eigenvalue weighted by molar-refractivity contribution is 9.10. The summed E-state index contributed by atoms with van der Waals surface area (Å²) in [5, 5.41) is 0. The van der Waals surface area contributed by atoms with E-state index in [4.69, 9.17) is 9.47 Å². The third kappa shape index (κ3) is 4.77. The van der Waals surface area contributed by atoms with Crippen LogP contribution in [-0.2, 0) is 20.9 Å². The van der Waals surface area contributed by atoms with Crippen LogP contribution in [0, 0.1) is 0 Å². The van der Waals surface area contributed by atoms with Crippen molar-refractivity contribution in [2.45, 2.75) is 26.6 Å². The monoisotopic (exact) mass is 286 g/mol. The zero-order valence-corrected chi connectivity index (χ0v) is 11.0. The van der Waals surface area contributed by atoms with Gasteiger partial charge in [0, 0.05) is 4.47 Å². The first-order valence-electron chi connectivity index (χ1n) is 5.10. The minimum atomic E-state index is -0.331. The normalized spacial score (nSPS) is 10.5. The van der Waals surface area contributed by atoms with Crippen molar-refractivity contribution in [3.8, 4) is 0 Å². The van der Waals surface area contributed by atoms with Crippen LogP contribution in [0.2, 0.25) is 0 Å². The number of carbonyl (C=O) groups excluding carboxylic acids is 1. The van der Waals surface area contributed by atoms with Crippen molar-refractivity contribution < 1.29 is 14.3 Å². The van der Waals surface area contributed by atoms with Crippen LogP contribution in [0.15, 0.2) is 28.7 Å². The average Bonchev–Trinajstić information content (AvgIpc) is 2.19. The largest absolute Gasteiger partial charge is 0.461 e. The number of esters is 1. The molecule has 0 heterocycles.